The number of thioether (sulfide) groups is 1. The van der Waals surface area contributed by atoms with Gasteiger partial charge in [-0.1, -0.05) is 12.1 Å². The topological polar surface area (TPSA) is 49.0 Å². The average molecular weight is 319 g/mol. The van der Waals surface area contributed by atoms with Crippen LogP contribution in [0.5, 0.6) is 0 Å². The standard InChI is InChI=1S/C16H18FN3OS/c1-22-9-7-15(21)20-8-6-14-12(10-20)16(19-18-14)11-4-2-3-5-13(11)17/h2-5H,6-10H2,1H3,(H,18,19). The molecule has 22 heavy (non-hydrogen) atoms. The first-order valence-corrected chi connectivity index (χ1v) is 8.68. The highest BCUT2D eigenvalue weighted by Crippen LogP contribution is 2.30. The lowest BCUT2D eigenvalue weighted by molar-refractivity contribution is -0.131. The molecule has 0 spiro atoms. The van der Waals surface area contributed by atoms with Crippen molar-refractivity contribution in [1.29, 1.82) is 0 Å². The number of nitrogens with zero attached hydrogens (tertiary/aromatic N) is 2. The first-order chi connectivity index (χ1) is 10.7. The lowest BCUT2D eigenvalue weighted by atomic mass is 10.0. The number of halogens is 1. The number of H-pyrrole nitrogens is 1. The summed E-state index contributed by atoms with van der Waals surface area (Å²) in [4.78, 5) is 14.1. The minimum absolute atomic E-state index is 0.153. The fourth-order valence-corrected chi connectivity index (χ4v) is 3.11. The second-order valence-electron chi connectivity index (χ2n) is 5.32. The Morgan fingerprint density at radius 1 is 1.45 bits per heavy atom. The van der Waals surface area contributed by atoms with Crippen LogP contribution in [0, 0.1) is 5.82 Å². The summed E-state index contributed by atoms with van der Waals surface area (Å²) < 4.78 is 14.0. The van der Waals surface area contributed by atoms with Crippen LogP contribution in [-0.2, 0) is 17.8 Å². The molecule has 1 aliphatic rings. The smallest absolute Gasteiger partial charge is 0.223 e. The molecule has 4 nitrogen and oxygen atoms in total. The maximum atomic E-state index is 14.0. The summed E-state index contributed by atoms with van der Waals surface area (Å²) in [5.74, 6) is 0.691. The minimum Gasteiger partial charge on any atom is -0.338 e. The van der Waals surface area contributed by atoms with Crippen LogP contribution in [0.15, 0.2) is 24.3 Å². The summed E-state index contributed by atoms with van der Waals surface area (Å²) in [7, 11) is 0. The number of hydrogen-bond donors (Lipinski definition) is 1. The van der Waals surface area contributed by atoms with Crippen molar-refractivity contribution < 1.29 is 9.18 Å². The number of rotatable bonds is 4. The molecule has 0 saturated heterocycles. The number of aromatic amines is 1. The molecule has 0 bridgehead atoms. The van der Waals surface area contributed by atoms with Crippen LogP contribution < -0.4 is 0 Å². The van der Waals surface area contributed by atoms with Gasteiger partial charge >= 0.3 is 0 Å². The van der Waals surface area contributed by atoms with Gasteiger partial charge in [0.15, 0.2) is 0 Å². The fraction of sp³-hybridized carbons (Fsp3) is 0.375. The fourth-order valence-electron chi connectivity index (χ4n) is 2.73. The van der Waals surface area contributed by atoms with E-state index in [1.165, 1.54) is 6.07 Å². The van der Waals surface area contributed by atoms with E-state index in [9.17, 15) is 9.18 Å². The number of carbonyl (C=O) groups is 1. The Bertz CT molecular complexity index is 686. The summed E-state index contributed by atoms with van der Waals surface area (Å²) in [6.45, 7) is 1.20. The van der Waals surface area contributed by atoms with E-state index in [2.05, 4.69) is 10.2 Å². The highest BCUT2D eigenvalue weighted by molar-refractivity contribution is 7.98. The molecule has 1 aromatic heterocycles. The van der Waals surface area contributed by atoms with Crippen molar-refractivity contribution >= 4 is 17.7 Å². The Morgan fingerprint density at radius 3 is 3.05 bits per heavy atom. The Kier molecular flexibility index (Phi) is 4.47. The van der Waals surface area contributed by atoms with Crippen molar-refractivity contribution in [2.45, 2.75) is 19.4 Å². The maximum absolute atomic E-state index is 14.0. The Labute approximate surface area is 133 Å². The third-order valence-electron chi connectivity index (χ3n) is 3.94. The molecule has 1 aromatic carbocycles. The van der Waals surface area contributed by atoms with Crippen LogP contribution in [0.4, 0.5) is 4.39 Å². The molecule has 0 radical (unpaired) electrons. The number of hydrogen-bond acceptors (Lipinski definition) is 3. The molecule has 1 aliphatic heterocycles. The van der Waals surface area contributed by atoms with Crippen molar-refractivity contribution in [3.8, 4) is 11.3 Å². The normalized spacial score (nSPS) is 14.0. The second kappa shape index (κ2) is 6.52. The lowest BCUT2D eigenvalue weighted by Gasteiger charge is -2.27. The Balaban J connectivity index is 1.86. The zero-order valence-electron chi connectivity index (χ0n) is 12.4. The predicted molar refractivity (Wildman–Crippen MR) is 86.1 cm³/mol. The number of amides is 1. The maximum Gasteiger partial charge on any atom is 0.223 e. The molecule has 0 fully saturated rings. The van der Waals surface area contributed by atoms with Crippen LogP contribution in [0.3, 0.4) is 0 Å². The van der Waals surface area contributed by atoms with Crippen molar-refractivity contribution in [2.75, 3.05) is 18.6 Å². The molecule has 2 aromatic rings. The number of aromatic nitrogens is 2. The second-order valence-corrected chi connectivity index (χ2v) is 6.30. The molecule has 116 valence electrons. The summed E-state index contributed by atoms with van der Waals surface area (Å²) in [5, 5.41) is 7.27. The highest BCUT2D eigenvalue weighted by Gasteiger charge is 2.26. The zero-order chi connectivity index (χ0) is 15.5. The number of nitrogens with one attached hydrogen (secondary N) is 1. The van der Waals surface area contributed by atoms with Crippen LogP contribution in [0.25, 0.3) is 11.3 Å². The number of benzene rings is 1. The van der Waals surface area contributed by atoms with Crippen LogP contribution >= 0.6 is 11.8 Å². The molecule has 0 atom stereocenters. The summed E-state index contributed by atoms with van der Waals surface area (Å²) in [6.07, 6.45) is 3.28. The number of carbonyl (C=O) groups excluding carboxylic acids is 1. The van der Waals surface area contributed by atoms with Crippen molar-refractivity contribution in [1.82, 2.24) is 15.1 Å². The van der Waals surface area contributed by atoms with E-state index in [-0.39, 0.29) is 11.7 Å². The highest BCUT2D eigenvalue weighted by atomic mass is 32.2. The van der Waals surface area contributed by atoms with Crippen LogP contribution in [0.1, 0.15) is 17.7 Å². The first-order valence-electron chi connectivity index (χ1n) is 7.28. The van der Waals surface area contributed by atoms with Gasteiger partial charge in [0, 0.05) is 48.5 Å². The molecule has 6 heteroatoms. The molecule has 0 aliphatic carbocycles. The van der Waals surface area contributed by atoms with E-state index in [1.54, 1.807) is 30.0 Å². The van der Waals surface area contributed by atoms with Gasteiger partial charge in [0.1, 0.15) is 11.5 Å². The van der Waals surface area contributed by atoms with Gasteiger partial charge in [0.25, 0.3) is 0 Å². The third-order valence-corrected chi connectivity index (χ3v) is 4.55. The molecule has 1 amide bonds. The average Bonchev–Trinajstić information content (AvgIpc) is 2.96. The van der Waals surface area contributed by atoms with E-state index >= 15 is 0 Å². The number of fused-ring (bicyclic) bond motifs is 1. The van der Waals surface area contributed by atoms with E-state index in [0.29, 0.717) is 30.8 Å². The first kappa shape index (κ1) is 15.1. The van der Waals surface area contributed by atoms with Gasteiger partial charge in [-0.2, -0.15) is 16.9 Å². The molecule has 3 rings (SSSR count). The van der Waals surface area contributed by atoms with Crippen molar-refractivity contribution in [3.05, 3.63) is 41.3 Å². The van der Waals surface area contributed by atoms with Gasteiger partial charge in [0.05, 0.1) is 0 Å². The molecule has 1 N–H and O–H groups in total. The summed E-state index contributed by atoms with van der Waals surface area (Å²) in [6, 6.07) is 6.61. The van der Waals surface area contributed by atoms with E-state index in [1.807, 2.05) is 11.2 Å². The molecular formula is C16H18FN3OS. The van der Waals surface area contributed by atoms with Crippen molar-refractivity contribution in [2.24, 2.45) is 0 Å². The van der Waals surface area contributed by atoms with E-state index in [0.717, 1.165) is 23.4 Å². The molecule has 0 saturated carbocycles. The Hall–Kier alpha value is -1.82. The summed E-state index contributed by atoms with van der Waals surface area (Å²) in [5.41, 5.74) is 3.05. The molecule has 0 unspecified atom stereocenters. The minimum atomic E-state index is -0.289. The van der Waals surface area contributed by atoms with E-state index in [4.69, 9.17) is 0 Å². The third kappa shape index (κ3) is 2.88. The van der Waals surface area contributed by atoms with Gasteiger partial charge in [-0.15, -0.1) is 0 Å². The Morgan fingerprint density at radius 2 is 2.27 bits per heavy atom. The van der Waals surface area contributed by atoms with Gasteiger partial charge in [0.2, 0.25) is 5.91 Å². The molecular weight excluding hydrogens is 301 g/mol. The van der Waals surface area contributed by atoms with Gasteiger partial charge in [-0.3, -0.25) is 9.89 Å². The largest absolute Gasteiger partial charge is 0.338 e. The zero-order valence-corrected chi connectivity index (χ0v) is 13.3. The van der Waals surface area contributed by atoms with Gasteiger partial charge in [-0.25, -0.2) is 4.39 Å². The van der Waals surface area contributed by atoms with E-state index < -0.39 is 0 Å². The van der Waals surface area contributed by atoms with Crippen LogP contribution in [0.2, 0.25) is 0 Å². The van der Waals surface area contributed by atoms with Crippen LogP contribution in [-0.4, -0.2) is 39.6 Å². The SMILES string of the molecule is CSCCC(=O)N1CCc2[nH]nc(-c3ccccc3F)c2C1. The monoisotopic (exact) mass is 319 g/mol. The van der Waals surface area contributed by atoms with Gasteiger partial charge < -0.3 is 4.90 Å². The van der Waals surface area contributed by atoms with Crippen molar-refractivity contribution in [3.63, 3.8) is 0 Å². The van der Waals surface area contributed by atoms with Gasteiger partial charge in [-0.05, 0) is 18.4 Å². The lowest BCUT2D eigenvalue weighted by Crippen LogP contribution is -2.36. The predicted octanol–water partition coefficient (Wildman–Crippen LogP) is 2.85. The quantitative estimate of drug-likeness (QED) is 0.943. The molecule has 2 heterocycles. The summed E-state index contributed by atoms with van der Waals surface area (Å²) >= 11 is 1.67.